The van der Waals surface area contributed by atoms with Crippen molar-refractivity contribution in [3.63, 3.8) is 0 Å². The molecule has 1 aliphatic heterocycles. The minimum absolute atomic E-state index is 0.198. The molecule has 3 aromatic carbocycles. The summed E-state index contributed by atoms with van der Waals surface area (Å²) in [6, 6.07) is 26.0. The van der Waals surface area contributed by atoms with E-state index in [9.17, 15) is 4.39 Å². The van der Waals surface area contributed by atoms with Crippen LogP contribution in [0, 0.1) is 11.7 Å². The Kier molecular flexibility index (Phi) is 6.71. The van der Waals surface area contributed by atoms with Gasteiger partial charge in [-0.3, -0.25) is 4.90 Å². The molecule has 2 nitrogen and oxygen atoms in total. The van der Waals surface area contributed by atoms with Gasteiger partial charge in [0.05, 0.1) is 6.61 Å². The molecule has 0 amide bonds. The molecule has 29 heavy (non-hydrogen) atoms. The van der Waals surface area contributed by atoms with Gasteiger partial charge >= 0.3 is 0 Å². The summed E-state index contributed by atoms with van der Waals surface area (Å²) in [5, 5.41) is 0. The van der Waals surface area contributed by atoms with Gasteiger partial charge in [0.2, 0.25) is 0 Å². The molecule has 1 aliphatic rings. The van der Waals surface area contributed by atoms with Crippen molar-refractivity contribution >= 4 is 0 Å². The van der Waals surface area contributed by atoms with E-state index in [4.69, 9.17) is 4.74 Å². The monoisotopic (exact) mass is 389 g/mol. The zero-order valence-corrected chi connectivity index (χ0v) is 16.8. The number of nitrogens with zero attached hydrogens (tertiary/aromatic N) is 1. The van der Waals surface area contributed by atoms with E-state index in [0.717, 1.165) is 31.8 Å². The molecule has 3 aromatic rings. The highest BCUT2D eigenvalue weighted by Gasteiger charge is 2.19. The first kappa shape index (κ1) is 19.8. The molecule has 0 saturated carbocycles. The maximum Gasteiger partial charge on any atom is 0.123 e. The summed E-state index contributed by atoms with van der Waals surface area (Å²) in [7, 11) is 0. The first-order valence-corrected chi connectivity index (χ1v) is 10.5. The summed E-state index contributed by atoms with van der Waals surface area (Å²) in [6.45, 7) is 4.60. The largest absolute Gasteiger partial charge is 0.376 e. The Morgan fingerprint density at radius 2 is 1.38 bits per heavy atom. The fraction of sp³-hybridized carbons (Fsp3) is 0.308. The number of hydrogen-bond donors (Lipinski definition) is 0. The van der Waals surface area contributed by atoms with Crippen LogP contribution in [0.2, 0.25) is 0 Å². The van der Waals surface area contributed by atoms with Crippen LogP contribution in [-0.4, -0.2) is 24.6 Å². The molecular formula is C26H28FNO. The lowest BCUT2D eigenvalue weighted by molar-refractivity contribution is 0.0562. The zero-order valence-electron chi connectivity index (χ0n) is 16.8. The van der Waals surface area contributed by atoms with Gasteiger partial charge in [0.1, 0.15) is 5.82 Å². The standard InChI is InChI=1S/C26H28FNO/c27-26-12-8-22(9-13-26)19-29-20-23-14-16-28(17-15-23)18-21-6-10-25(11-7-21)24-4-2-1-3-5-24/h1-13,23H,14-20H2. The molecule has 0 radical (unpaired) electrons. The fourth-order valence-electron chi connectivity index (χ4n) is 3.93. The third-order valence-corrected chi connectivity index (χ3v) is 5.71. The van der Waals surface area contributed by atoms with Crippen LogP contribution in [0.4, 0.5) is 4.39 Å². The number of halogens is 1. The average molecular weight is 390 g/mol. The Balaban J connectivity index is 1.19. The molecule has 0 spiro atoms. The average Bonchev–Trinajstić information content (AvgIpc) is 2.77. The predicted molar refractivity (Wildman–Crippen MR) is 116 cm³/mol. The third kappa shape index (κ3) is 5.75. The van der Waals surface area contributed by atoms with Crippen molar-refractivity contribution in [1.29, 1.82) is 0 Å². The SMILES string of the molecule is Fc1ccc(COCC2CCN(Cc3ccc(-c4ccccc4)cc3)CC2)cc1. The van der Waals surface area contributed by atoms with Gasteiger partial charge in [0, 0.05) is 13.2 Å². The van der Waals surface area contributed by atoms with Crippen molar-refractivity contribution in [3.8, 4) is 11.1 Å². The highest BCUT2D eigenvalue weighted by Crippen LogP contribution is 2.22. The molecule has 0 bridgehead atoms. The third-order valence-electron chi connectivity index (χ3n) is 5.71. The second-order valence-electron chi connectivity index (χ2n) is 7.92. The normalized spacial score (nSPS) is 15.5. The van der Waals surface area contributed by atoms with Crippen molar-refractivity contribution in [2.45, 2.75) is 26.0 Å². The molecule has 0 atom stereocenters. The Bertz CT molecular complexity index is 869. The lowest BCUT2D eigenvalue weighted by Gasteiger charge is -2.31. The van der Waals surface area contributed by atoms with E-state index in [1.54, 1.807) is 12.1 Å². The Morgan fingerprint density at radius 3 is 2.07 bits per heavy atom. The first-order chi connectivity index (χ1) is 14.3. The summed E-state index contributed by atoms with van der Waals surface area (Å²) >= 11 is 0. The van der Waals surface area contributed by atoms with E-state index in [2.05, 4.69) is 59.5 Å². The summed E-state index contributed by atoms with van der Waals surface area (Å²) < 4.78 is 18.8. The number of ether oxygens (including phenoxy) is 1. The first-order valence-electron chi connectivity index (χ1n) is 10.5. The van der Waals surface area contributed by atoms with Crippen molar-refractivity contribution in [3.05, 3.63) is 95.8 Å². The van der Waals surface area contributed by atoms with Crippen LogP contribution in [0.1, 0.15) is 24.0 Å². The zero-order chi connectivity index (χ0) is 19.9. The van der Waals surface area contributed by atoms with Gasteiger partial charge in [0.15, 0.2) is 0 Å². The summed E-state index contributed by atoms with van der Waals surface area (Å²) in [6.07, 6.45) is 2.34. The van der Waals surface area contributed by atoms with E-state index in [1.165, 1.54) is 41.7 Å². The van der Waals surface area contributed by atoms with Crippen molar-refractivity contribution < 1.29 is 9.13 Å². The van der Waals surface area contributed by atoms with Gasteiger partial charge in [-0.05, 0) is 66.2 Å². The lowest BCUT2D eigenvalue weighted by Crippen LogP contribution is -2.34. The van der Waals surface area contributed by atoms with Crippen LogP contribution in [-0.2, 0) is 17.9 Å². The Morgan fingerprint density at radius 1 is 0.759 bits per heavy atom. The Labute approximate surface area is 172 Å². The van der Waals surface area contributed by atoms with Gasteiger partial charge in [-0.25, -0.2) is 4.39 Å². The van der Waals surface area contributed by atoms with Gasteiger partial charge in [-0.2, -0.15) is 0 Å². The van der Waals surface area contributed by atoms with Crippen LogP contribution >= 0.6 is 0 Å². The molecule has 1 saturated heterocycles. The van der Waals surface area contributed by atoms with Gasteiger partial charge < -0.3 is 4.74 Å². The van der Waals surface area contributed by atoms with Gasteiger partial charge in [-0.1, -0.05) is 66.7 Å². The molecule has 1 heterocycles. The quantitative estimate of drug-likeness (QED) is 0.497. The molecule has 4 rings (SSSR count). The summed E-state index contributed by atoms with van der Waals surface area (Å²) in [4.78, 5) is 2.54. The van der Waals surface area contributed by atoms with Crippen LogP contribution in [0.15, 0.2) is 78.9 Å². The van der Waals surface area contributed by atoms with Crippen molar-refractivity contribution in [2.24, 2.45) is 5.92 Å². The van der Waals surface area contributed by atoms with Crippen LogP contribution in [0.5, 0.6) is 0 Å². The highest BCUT2D eigenvalue weighted by atomic mass is 19.1. The van der Waals surface area contributed by atoms with E-state index >= 15 is 0 Å². The fourth-order valence-corrected chi connectivity index (χ4v) is 3.93. The van der Waals surface area contributed by atoms with Crippen LogP contribution in [0.25, 0.3) is 11.1 Å². The maximum atomic E-state index is 12.9. The van der Waals surface area contributed by atoms with Gasteiger partial charge in [0.25, 0.3) is 0 Å². The minimum atomic E-state index is -0.198. The lowest BCUT2D eigenvalue weighted by atomic mass is 9.97. The van der Waals surface area contributed by atoms with E-state index in [1.807, 2.05) is 0 Å². The molecular weight excluding hydrogens is 361 g/mol. The van der Waals surface area contributed by atoms with Crippen LogP contribution < -0.4 is 0 Å². The van der Waals surface area contributed by atoms with E-state index in [-0.39, 0.29) is 5.82 Å². The number of benzene rings is 3. The van der Waals surface area contributed by atoms with Crippen molar-refractivity contribution in [2.75, 3.05) is 19.7 Å². The van der Waals surface area contributed by atoms with Crippen LogP contribution in [0.3, 0.4) is 0 Å². The van der Waals surface area contributed by atoms with E-state index < -0.39 is 0 Å². The van der Waals surface area contributed by atoms with E-state index in [0.29, 0.717) is 12.5 Å². The smallest absolute Gasteiger partial charge is 0.123 e. The maximum absolute atomic E-state index is 12.9. The molecule has 0 aromatic heterocycles. The number of piperidine rings is 1. The van der Waals surface area contributed by atoms with Crippen molar-refractivity contribution in [1.82, 2.24) is 4.90 Å². The van der Waals surface area contributed by atoms with Gasteiger partial charge in [-0.15, -0.1) is 0 Å². The molecule has 1 fully saturated rings. The number of likely N-dealkylation sites (tertiary alicyclic amines) is 1. The number of hydrogen-bond acceptors (Lipinski definition) is 2. The highest BCUT2D eigenvalue weighted by molar-refractivity contribution is 5.63. The number of rotatable bonds is 7. The Hall–Kier alpha value is -2.49. The minimum Gasteiger partial charge on any atom is -0.376 e. The molecule has 150 valence electrons. The predicted octanol–water partition coefficient (Wildman–Crippen LogP) is 5.92. The summed E-state index contributed by atoms with van der Waals surface area (Å²) in [5.41, 5.74) is 4.94. The molecule has 0 aliphatic carbocycles. The topological polar surface area (TPSA) is 12.5 Å². The second-order valence-corrected chi connectivity index (χ2v) is 7.92. The second kappa shape index (κ2) is 9.82. The molecule has 0 unspecified atom stereocenters. The molecule has 3 heteroatoms. The summed E-state index contributed by atoms with van der Waals surface area (Å²) in [5.74, 6) is 0.419. The molecule has 0 N–H and O–H groups in total.